The van der Waals surface area contributed by atoms with Crippen LogP contribution in [0.3, 0.4) is 0 Å². The van der Waals surface area contributed by atoms with Crippen LogP contribution in [-0.2, 0) is 14.3 Å². The lowest BCUT2D eigenvalue weighted by Crippen LogP contribution is -2.45. The summed E-state index contributed by atoms with van der Waals surface area (Å²) in [6.45, 7) is 4.86. The number of amides is 1. The third-order valence-electron chi connectivity index (χ3n) is 13.9. The third kappa shape index (κ3) is 53.4. The van der Waals surface area contributed by atoms with Crippen LogP contribution >= 0.6 is 0 Å². The summed E-state index contributed by atoms with van der Waals surface area (Å²) in [6, 6.07) is -0.626. The Hall–Kier alpha value is -1.92. The second-order valence-electron chi connectivity index (χ2n) is 20.7. The van der Waals surface area contributed by atoms with Gasteiger partial charge in [-0.15, -0.1) is 0 Å². The SMILES string of the molecule is CCCC/C=C\C/C=C\CCCCCCCC(=O)OCCCCCCCCCCCCCCCCCCCCCCCCCCC(=O)NC(CO)C(O)/C=C/CCCCCCCCCCCCC. The molecule has 0 fully saturated rings. The van der Waals surface area contributed by atoms with E-state index in [1.807, 2.05) is 6.08 Å². The molecule has 0 rings (SSSR count). The largest absolute Gasteiger partial charge is 0.466 e. The molecule has 6 heteroatoms. The van der Waals surface area contributed by atoms with Gasteiger partial charge in [-0.25, -0.2) is 0 Å². The zero-order chi connectivity index (χ0) is 49.3. The van der Waals surface area contributed by atoms with Crippen LogP contribution in [0.1, 0.15) is 322 Å². The van der Waals surface area contributed by atoms with Gasteiger partial charge >= 0.3 is 5.97 Å². The fourth-order valence-corrected chi connectivity index (χ4v) is 9.24. The van der Waals surface area contributed by atoms with Gasteiger partial charge < -0.3 is 20.3 Å². The van der Waals surface area contributed by atoms with E-state index >= 15 is 0 Å². The number of hydrogen-bond acceptors (Lipinski definition) is 5. The number of carbonyl (C=O) groups is 2. The number of ether oxygens (including phenoxy) is 1. The summed E-state index contributed by atoms with van der Waals surface area (Å²) in [4.78, 5) is 24.5. The number of aliphatic hydroxyl groups is 2. The number of esters is 1. The van der Waals surface area contributed by atoms with Crippen molar-refractivity contribution in [1.29, 1.82) is 0 Å². The van der Waals surface area contributed by atoms with E-state index in [2.05, 4.69) is 43.5 Å². The number of rotatable bonds is 56. The van der Waals surface area contributed by atoms with Crippen LogP contribution < -0.4 is 5.32 Å². The average molecular weight is 957 g/mol. The summed E-state index contributed by atoms with van der Waals surface area (Å²) >= 11 is 0. The minimum atomic E-state index is -0.843. The van der Waals surface area contributed by atoms with Gasteiger partial charge in [-0.2, -0.15) is 0 Å². The van der Waals surface area contributed by atoms with Gasteiger partial charge in [0.15, 0.2) is 0 Å². The first kappa shape index (κ1) is 66.1. The molecule has 6 nitrogen and oxygen atoms in total. The van der Waals surface area contributed by atoms with Gasteiger partial charge in [0.05, 0.1) is 25.4 Å². The van der Waals surface area contributed by atoms with Crippen molar-refractivity contribution in [3.05, 3.63) is 36.5 Å². The topological polar surface area (TPSA) is 95.9 Å². The molecule has 0 aromatic carbocycles. The summed E-state index contributed by atoms with van der Waals surface area (Å²) in [7, 11) is 0. The summed E-state index contributed by atoms with van der Waals surface area (Å²) in [5.74, 6) is -0.0666. The molecule has 1 amide bonds. The Kier molecular flexibility index (Phi) is 56.0. The van der Waals surface area contributed by atoms with E-state index in [-0.39, 0.29) is 18.5 Å². The van der Waals surface area contributed by atoms with Crippen molar-refractivity contribution < 1.29 is 24.5 Å². The summed E-state index contributed by atoms with van der Waals surface area (Å²) in [5.41, 5.74) is 0. The Morgan fingerprint density at radius 2 is 0.750 bits per heavy atom. The molecular formula is C62H117NO5. The highest BCUT2D eigenvalue weighted by Crippen LogP contribution is 2.17. The van der Waals surface area contributed by atoms with E-state index in [1.54, 1.807) is 6.08 Å². The van der Waals surface area contributed by atoms with Gasteiger partial charge in [-0.3, -0.25) is 9.59 Å². The first-order valence-electron chi connectivity index (χ1n) is 30.3. The lowest BCUT2D eigenvalue weighted by Gasteiger charge is -2.20. The van der Waals surface area contributed by atoms with Crippen LogP contribution in [-0.4, -0.2) is 47.4 Å². The zero-order valence-corrected chi connectivity index (χ0v) is 45.6. The maximum Gasteiger partial charge on any atom is 0.305 e. The number of allylic oxidation sites excluding steroid dienone is 5. The number of aliphatic hydroxyl groups excluding tert-OH is 2. The quantitative estimate of drug-likeness (QED) is 0.0321. The standard InChI is InChI=1S/C62H117NO5/c1-3-5-7-9-11-13-15-17-32-36-40-44-48-52-56-62(67)68-57-53-49-45-41-37-33-29-27-25-23-21-19-18-20-22-24-26-28-31-35-39-43-47-51-55-61(66)63-59(58-64)60(65)54-50-46-42-38-34-30-16-14-12-10-8-6-4-2/h9,11,15,17,50,54,59-60,64-65H,3-8,10,12-14,16,18-49,51-53,55-58H2,1-2H3,(H,63,66)/b11-9-,17-15-,54-50+. The predicted molar refractivity (Wildman–Crippen MR) is 296 cm³/mol. The zero-order valence-electron chi connectivity index (χ0n) is 45.6. The molecule has 68 heavy (non-hydrogen) atoms. The number of hydrogen-bond donors (Lipinski definition) is 3. The lowest BCUT2D eigenvalue weighted by molar-refractivity contribution is -0.143. The van der Waals surface area contributed by atoms with E-state index in [9.17, 15) is 19.8 Å². The monoisotopic (exact) mass is 956 g/mol. The van der Waals surface area contributed by atoms with Crippen LogP contribution in [0.2, 0.25) is 0 Å². The van der Waals surface area contributed by atoms with Crippen LogP contribution in [0.4, 0.5) is 0 Å². The normalized spacial score (nSPS) is 12.8. The molecule has 0 spiro atoms. The predicted octanol–water partition coefficient (Wildman–Crippen LogP) is 18.8. The van der Waals surface area contributed by atoms with Gasteiger partial charge in [0, 0.05) is 12.8 Å². The van der Waals surface area contributed by atoms with Crippen molar-refractivity contribution in [1.82, 2.24) is 5.32 Å². The van der Waals surface area contributed by atoms with Crippen molar-refractivity contribution in [2.24, 2.45) is 0 Å². The highest BCUT2D eigenvalue weighted by Gasteiger charge is 2.18. The summed E-state index contributed by atoms with van der Waals surface area (Å²) < 4.78 is 5.47. The van der Waals surface area contributed by atoms with E-state index in [4.69, 9.17) is 4.74 Å². The Labute approximate surface area is 424 Å². The van der Waals surface area contributed by atoms with Crippen LogP contribution in [0.5, 0.6) is 0 Å². The molecule has 2 atom stereocenters. The van der Waals surface area contributed by atoms with Gasteiger partial charge in [-0.1, -0.05) is 288 Å². The van der Waals surface area contributed by atoms with Crippen molar-refractivity contribution in [3.8, 4) is 0 Å². The van der Waals surface area contributed by atoms with E-state index in [0.717, 1.165) is 51.4 Å². The molecule has 0 aliphatic heterocycles. The average Bonchev–Trinajstić information content (AvgIpc) is 3.34. The van der Waals surface area contributed by atoms with Crippen molar-refractivity contribution in [3.63, 3.8) is 0 Å². The minimum Gasteiger partial charge on any atom is -0.466 e. The fourth-order valence-electron chi connectivity index (χ4n) is 9.24. The summed E-state index contributed by atoms with van der Waals surface area (Å²) in [5, 5.41) is 23.1. The van der Waals surface area contributed by atoms with Crippen molar-refractivity contribution in [2.75, 3.05) is 13.2 Å². The molecule has 0 aromatic heterocycles. The maximum absolute atomic E-state index is 12.4. The molecule has 2 unspecified atom stereocenters. The van der Waals surface area contributed by atoms with Gasteiger partial charge in [0.1, 0.15) is 0 Å². The molecule has 0 aliphatic carbocycles. The van der Waals surface area contributed by atoms with Crippen molar-refractivity contribution in [2.45, 2.75) is 334 Å². The minimum absolute atomic E-state index is 0.000135. The highest BCUT2D eigenvalue weighted by atomic mass is 16.5. The molecule has 0 heterocycles. The summed E-state index contributed by atoms with van der Waals surface area (Å²) in [6.07, 6.45) is 71.8. The molecule has 0 saturated heterocycles. The molecular weight excluding hydrogens is 839 g/mol. The second kappa shape index (κ2) is 57.7. The van der Waals surface area contributed by atoms with E-state index < -0.39 is 12.1 Å². The molecule has 0 aromatic rings. The van der Waals surface area contributed by atoms with Gasteiger partial charge in [0.25, 0.3) is 0 Å². The molecule has 0 bridgehead atoms. The van der Waals surface area contributed by atoms with E-state index in [0.29, 0.717) is 19.4 Å². The molecule has 3 N–H and O–H groups in total. The Morgan fingerprint density at radius 1 is 0.412 bits per heavy atom. The lowest BCUT2D eigenvalue weighted by atomic mass is 10.0. The number of unbranched alkanes of at least 4 members (excludes halogenated alkanes) is 41. The molecule has 0 aliphatic rings. The molecule has 0 radical (unpaired) electrons. The van der Waals surface area contributed by atoms with E-state index in [1.165, 1.54) is 244 Å². The van der Waals surface area contributed by atoms with Crippen molar-refractivity contribution >= 4 is 11.9 Å². The third-order valence-corrected chi connectivity index (χ3v) is 13.9. The highest BCUT2D eigenvalue weighted by molar-refractivity contribution is 5.76. The first-order valence-corrected chi connectivity index (χ1v) is 30.3. The Morgan fingerprint density at radius 3 is 1.16 bits per heavy atom. The first-order chi connectivity index (χ1) is 33.5. The number of nitrogens with one attached hydrogen (secondary N) is 1. The van der Waals surface area contributed by atoms with Gasteiger partial charge in [-0.05, 0) is 57.8 Å². The Bertz CT molecular complexity index is 1100. The Balaban J connectivity index is 3.38. The second-order valence-corrected chi connectivity index (χ2v) is 20.7. The molecule has 400 valence electrons. The van der Waals surface area contributed by atoms with Gasteiger partial charge in [0.2, 0.25) is 5.91 Å². The number of carbonyl (C=O) groups excluding carboxylic acids is 2. The smallest absolute Gasteiger partial charge is 0.305 e. The van der Waals surface area contributed by atoms with Crippen LogP contribution in [0.15, 0.2) is 36.5 Å². The van der Waals surface area contributed by atoms with Crippen LogP contribution in [0.25, 0.3) is 0 Å². The molecule has 0 saturated carbocycles. The maximum atomic E-state index is 12.4. The van der Waals surface area contributed by atoms with Crippen LogP contribution in [0, 0.1) is 0 Å². The fraction of sp³-hybridized carbons (Fsp3) is 0.871.